The Morgan fingerprint density at radius 3 is 2.71 bits per heavy atom. The Morgan fingerprint density at radius 2 is 2.08 bits per heavy atom. The van der Waals surface area contributed by atoms with Crippen LogP contribution in [0.4, 0.5) is 11.4 Å². The highest BCUT2D eigenvalue weighted by Crippen LogP contribution is 2.34. The van der Waals surface area contributed by atoms with E-state index in [1.807, 2.05) is 24.9 Å². The van der Waals surface area contributed by atoms with Crippen molar-refractivity contribution in [1.82, 2.24) is 4.90 Å². The number of hydrogen-bond donors (Lipinski definition) is 2. The molecule has 1 aromatic carbocycles. The molecule has 2 aliphatic rings. The van der Waals surface area contributed by atoms with E-state index in [0.717, 1.165) is 5.69 Å². The van der Waals surface area contributed by atoms with Gasteiger partial charge in [0.2, 0.25) is 5.91 Å². The molecule has 1 aromatic rings. The zero-order chi connectivity index (χ0) is 17.6. The van der Waals surface area contributed by atoms with Crippen molar-refractivity contribution in [2.24, 2.45) is 5.41 Å². The topological polar surface area (TPSA) is 90.0 Å². The first-order chi connectivity index (χ1) is 11.2. The number of hydrogen-bond acceptors (Lipinski definition) is 4. The summed E-state index contributed by atoms with van der Waals surface area (Å²) in [6.07, 6.45) is 0.440. The third kappa shape index (κ3) is 2.50. The van der Waals surface area contributed by atoms with Gasteiger partial charge in [-0.1, -0.05) is 0 Å². The van der Waals surface area contributed by atoms with Gasteiger partial charge in [0.1, 0.15) is 6.04 Å². The van der Waals surface area contributed by atoms with E-state index >= 15 is 0 Å². The number of rotatable bonds is 2. The number of anilines is 2. The molecule has 0 radical (unpaired) electrons. The fourth-order valence-electron chi connectivity index (χ4n) is 3.19. The molecule has 7 nitrogen and oxygen atoms in total. The second-order valence-corrected chi connectivity index (χ2v) is 6.85. The van der Waals surface area contributed by atoms with E-state index in [-0.39, 0.29) is 24.4 Å². The number of carbonyl (C=O) groups is 3. The quantitative estimate of drug-likeness (QED) is 0.855. The van der Waals surface area contributed by atoms with E-state index in [4.69, 9.17) is 0 Å². The standard InChI is InChI=1S/C17H21N3O4/c1-10-14(21)18-12-8-11(4-5-13(12)19(10)3)15(22)20-7-6-17(2,9-20)16(23)24/h4-5,8,10H,6-7,9H2,1-3H3,(H,18,21)(H,23,24). The number of benzene rings is 1. The van der Waals surface area contributed by atoms with Crippen LogP contribution in [0.25, 0.3) is 0 Å². The van der Waals surface area contributed by atoms with Crippen LogP contribution in [0.15, 0.2) is 18.2 Å². The number of likely N-dealkylation sites (tertiary alicyclic amines) is 1. The van der Waals surface area contributed by atoms with Gasteiger partial charge >= 0.3 is 5.97 Å². The van der Waals surface area contributed by atoms with Gasteiger partial charge in [-0.25, -0.2) is 0 Å². The molecule has 1 saturated heterocycles. The number of aliphatic carboxylic acids is 1. The molecule has 2 atom stereocenters. The number of carboxylic acid groups (broad SMARTS) is 1. The van der Waals surface area contributed by atoms with Gasteiger partial charge in [0.25, 0.3) is 5.91 Å². The molecule has 128 valence electrons. The molecule has 24 heavy (non-hydrogen) atoms. The molecule has 0 saturated carbocycles. The first-order valence-corrected chi connectivity index (χ1v) is 7.93. The van der Waals surface area contributed by atoms with Crippen LogP contribution in [0.2, 0.25) is 0 Å². The molecule has 2 aliphatic heterocycles. The van der Waals surface area contributed by atoms with Crippen molar-refractivity contribution >= 4 is 29.2 Å². The van der Waals surface area contributed by atoms with Crippen LogP contribution >= 0.6 is 0 Å². The molecule has 0 aliphatic carbocycles. The van der Waals surface area contributed by atoms with Crippen molar-refractivity contribution in [1.29, 1.82) is 0 Å². The highest BCUT2D eigenvalue weighted by molar-refractivity contribution is 6.05. The lowest BCUT2D eigenvalue weighted by atomic mass is 9.90. The molecule has 0 bridgehead atoms. The summed E-state index contributed by atoms with van der Waals surface area (Å²) in [5.41, 5.74) is 1.02. The van der Waals surface area contributed by atoms with E-state index in [1.54, 1.807) is 24.0 Å². The summed E-state index contributed by atoms with van der Waals surface area (Å²) in [5.74, 6) is -1.21. The molecular weight excluding hydrogens is 310 g/mol. The first-order valence-electron chi connectivity index (χ1n) is 7.93. The summed E-state index contributed by atoms with van der Waals surface area (Å²) in [4.78, 5) is 39.4. The van der Waals surface area contributed by atoms with E-state index < -0.39 is 11.4 Å². The van der Waals surface area contributed by atoms with Gasteiger partial charge in [0.15, 0.2) is 0 Å². The zero-order valence-corrected chi connectivity index (χ0v) is 14.0. The summed E-state index contributed by atoms with van der Waals surface area (Å²) in [6, 6.07) is 4.92. The number of amides is 2. The minimum absolute atomic E-state index is 0.116. The zero-order valence-electron chi connectivity index (χ0n) is 14.0. The van der Waals surface area contributed by atoms with Crippen LogP contribution in [-0.2, 0) is 9.59 Å². The third-order valence-electron chi connectivity index (χ3n) is 5.12. The molecule has 2 amide bonds. The summed E-state index contributed by atoms with van der Waals surface area (Å²) < 4.78 is 0. The number of fused-ring (bicyclic) bond motifs is 1. The summed E-state index contributed by atoms with van der Waals surface area (Å²) >= 11 is 0. The van der Waals surface area contributed by atoms with E-state index in [1.165, 1.54) is 0 Å². The number of carbonyl (C=O) groups excluding carboxylic acids is 2. The van der Waals surface area contributed by atoms with E-state index in [9.17, 15) is 19.5 Å². The average Bonchev–Trinajstić information content (AvgIpc) is 2.95. The maximum Gasteiger partial charge on any atom is 0.311 e. The van der Waals surface area contributed by atoms with Gasteiger partial charge in [-0.05, 0) is 38.5 Å². The molecule has 3 rings (SSSR count). The molecule has 2 N–H and O–H groups in total. The van der Waals surface area contributed by atoms with Crippen molar-refractivity contribution in [2.75, 3.05) is 30.4 Å². The Kier molecular flexibility index (Phi) is 3.74. The maximum absolute atomic E-state index is 12.7. The Hall–Kier alpha value is -2.57. The van der Waals surface area contributed by atoms with Crippen LogP contribution in [0, 0.1) is 5.41 Å². The third-order valence-corrected chi connectivity index (χ3v) is 5.12. The van der Waals surface area contributed by atoms with Crippen molar-refractivity contribution in [3.05, 3.63) is 23.8 Å². The van der Waals surface area contributed by atoms with Gasteiger partial charge in [-0.2, -0.15) is 0 Å². The Labute approximate surface area is 140 Å². The second kappa shape index (κ2) is 5.51. The van der Waals surface area contributed by atoms with Crippen molar-refractivity contribution in [3.8, 4) is 0 Å². The lowest BCUT2D eigenvalue weighted by Gasteiger charge is -2.33. The predicted octanol–water partition coefficient (Wildman–Crippen LogP) is 1.40. The van der Waals surface area contributed by atoms with Crippen molar-refractivity contribution in [3.63, 3.8) is 0 Å². The Balaban J connectivity index is 1.84. The Bertz CT molecular complexity index is 733. The predicted molar refractivity (Wildman–Crippen MR) is 89.2 cm³/mol. The van der Waals surface area contributed by atoms with Gasteiger partial charge in [0.05, 0.1) is 16.8 Å². The highest BCUT2D eigenvalue weighted by atomic mass is 16.4. The molecular formula is C17H21N3O4. The Morgan fingerprint density at radius 1 is 1.38 bits per heavy atom. The summed E-state index contributed by atoms with van der Waals surface area (Å²) in [6.45, 7) is 4.09. The molecule has 1 fully saturated rings. The number of nitrogens with one attached hydrogen (secondary N) is 1. The molecule has 7 heteroatoms. The highest BCUT2D eigenvalue weighted by Gasteiger charge is 2.42. The van der Waals surface area contributed by atoms with Crippen LogP contribution in [-0.4, -0.2) is 54.0 Å². The lowest BCUT2D eigenvalue weighted by molar-refractivity contribution is -0.147. The second-order valence-electron chi connectivity index (χ2n) is 6.85. The smallest absolute Gasteiger partial charge is 0.311 e. The molecule has 0 spiro atoms. The van der Waals surface area contributed by atoms with E-state index in [2.05, 4.69) is 5.32 Å². The van der Waals surface area contributed by atoms with Crippen LogP contribution in [0.3, 0.4) is 0 Å². The SMILES string of the molecule is CC1C(=O)Nc2cc(C(=O)N3CCC(C)(C(=O)O)C3)ccc2N1C. The fourth-order valence-corrected chi connectivity index (χ4v) is 3.19. The lowest BCUT2D eigenvalue weighted by Crippen LogP contribution is -2.44. The van der Waals surface area contributed by atoms with Crippen molar-refractivity contribution < 1.29 is 19.5 Å². The number of nitrogens with zero attached hydrogens (tertiary/aromatic N) is 2. The summed E-state index contributed by atoms with van der Waals surface area (Å²) in [7, 11) is 1.84. The normalized spacial score (nSPS) is 26.1. The van der Waals surface area contributed by atoms with Gasteiger partial charge < -0.3 is 20.2 Å². The monoisotopic (exact) mass is 331 g/mol. The molecule has 2 heterocycles. The minimum Gasteiger partial charge on any atom is -0.481 e. The molecule has 0 aromatic heterocycles. The summed E-state index contributed by atoms with van der Waals surface area (Å²) in [5, 5.41) is 12.1. The van der Waals surface area contributed by atoms with E-state index in [0.29, 0.717) is 24.2 Å². The minimum atomic E-state index is -0.895. The largest absolute Gasteiger partial charge is 0.481 e. The van der Waals surface area contributed by atoms with Crippen LogP contribution in [0.1, 0.15) is 30.6 Å². The van der Waals surface area contributed by atoms with Crippen LogP contribution in [0.5, 0.6) is 0 Å². The average molecular weight is 331 g/mol. The van der Waals surface area contributed by atoms with Gasteiger partial charge in [0, 0.05) is 25.7 Å². The van der Waals surface area contributed by atoms with Crippen molar-refractivity contribution in [2.45, 2.75) is 26.3 Å². The van der Waals surface area contributed by atoms with Gasteiger partial charge in [-0.3, -0.25) is 14.4 Å². The molecule has 2 unspecified atom stereocenters. The fraction of sp³-hybridized carbons (Fsp3) is 0.471. The maximum atomic E-state index is 12.7. The van der Waals surface area contributed by atoms with Gasteiger partial charge in [-0.15, -0.1) is 0 Å². The van der Waals surface area contributed by atoms with Crippen LogP contribution < -0.4 is 10.2 Å². The first kappa shape index (κ1) is 16.3. The number of carboxylic acids is 1. The number of likely N-dealkylation sites (N-methyl/N-ethyl adjacent to an activating group) is 1.